The Labute approximate surface area is 132 Å². The number of benzene rings is 1. The van der Waals surface area contributed by atoms with Crippen LogP contribution in [-0.2, 0) is 9.59 Å². The highest BCUT2D eigenvalue weighted by Gasteiger charge is 2.33. The van der Waals surface area contributed by atoms with Crippen LogP contribution in [0.1, 0.15) is 25.7 Å². The van der Waals surface area contributed by atoms with Gasteiger partial charge in [-0.25, -0.2) is 0 Å². The van der Waals surface area contributed by atoms with Gasteiger partial charge in [0.05, 0.1) is 6.61 Å². The van der Waals surface area contributed by atoms with Gasteiger partial charge in [0.2, 0.25) is 5.91 Å². The Kier molecular flexibility index (Phi) is 5.61. The molecule has 1 aromatic carbocycles. The quantitative estimate of drug-likeness (QED) is 0.728. The van der Waals surface area contributed by atoms with Gasteiger partial charge in [0, 0.05) is 16.9 Å². The Bertz CT molecular complexity index is 516. The molecule has 1 aliphatic rings. The van der Waals surface area contributed by atoms with Crippen LogP contribution in [-0.4, -0.2) is 41.1 Å². The monoisotopic (exact) mass is 355 g/mol. The predicted octanol–water partition coefficient (Wildman–Crippen LogP) is 2.68. The first-order valence-electron chi connectivity index (χ1n) is 6.96. The van der Waals surface area contributed by atoms with Gasteiger partial charge < -0.3 is 14.7 Å². The van der Waals surface area contributed by atoms with Gasteiger partial charge in [0.25, 0.3) is 0 Å². The third-order valence-corrected chi connectivity index (χ3v) is 3.71. The van der Waals surface area contributed by atoms with Gasteiger partial charge in [0.1, 0.15) is 12.3 Å². The molecule has 0 saturated heterocycles. The summed E-state index contributed by atoms with van der Waals surface area (Å²) >= 11 is 3.36. The Morgan fingerprint density at radius 1 is 1.38 bits per heavy atom. The zero-order chi connectivity index (χ0) is 15.2. The molecule has 0 aliphatic heterocycles. The van der Waals surface area contributed by atoms with Crippen LogP contribution in [0.4, 0.5) is 0 Å². The lowest BCUT2D eigenvalue weighted by Crippen LogP contribution is -2.37. The fourth-order valence-electron chi connectivity index (χ4n) is 2.07. The molecule has 0 radical (unpaired) electrons. The van der Waals surface area contributed by atoms with Crippen LogP contribution in [0.3, 0.4) is 0 Å². The molecule has 1 aromatic rings. The molecular weight excluding hydrogens is 338 g/mol. The Morgan fingerprint density at radius 2 is 2.14 bits per heavy atom. The summed E-state index contributed by atoms with van der Waals surface area (Å²) in [5.74, 6) is -0.306. The number of carbonyl (C=O) groups excluding carboxylic acids is 1. The van der Waals surface area contributed by atoms with Crippen LogP contribution in [0.2, 0.25) is 0 Å². The van der Waals surface area contributed by atoms with Crippen LogP contribution in [0.15, 0.2) is 28.7 Å². The summed E-state index contributed by atoms with van der Waals surface area (Å²) in [6, 6.07) is 7.64. The van der Waals surface area contributed by atoms with Crippen molar-refractivity contribution in [3.05, 3.63) is 28.7 Å². The van der Waals surface area contributed by atoms with Gasteiger partial charge in [-0.05, 0) is 37.5 Å². The van der Waals surface area contributed by atoms with E-state index in [4.69, 9.17) is 9.84 Å². The molecule has 0 aromatic heterocycles. The molecule has 114 valence electrons. The molecule has 0 atom stereocenters. The van der Waals surface area contributed by atoms with Crippen molar-refractivity contribution in [2.24, 2.45) is 0 Å². The minimum atomic E-state index is -0.958. The fourth-order valence-corrected chi connectivity index (χ4v) is 2.44. The number of rotatable bonds is 8. The Morgan fingerprint density at radius 3 is 2.76 bits per heavy atom. The summed E-state index contributed by atoms with van der Waals surface area (Å²) in [5, 5.41) is 8.83. The molecule has 21 heavy (non-hydrogen) atoms. The zero-order valence-corrected chi connectivity index (χ0v) is 13.2. The first kappa shape index (κ1) is 15.8. The molecule has 0 unspecified atom stereocenters. The molecule has 1 saturated carbocycles. The van der Waals surface area contributed by atoms with Crippen LogP contribution >= 0.6 is 15.9 Å². The van der Waals surface area contributed by atoms with Gasteiger partial charge in [-0.1, -0.05) is 22.0 Å². The number of aliphatic carboxylic acids is 1. The molecule has 1 fully saturated rings. The van der Waals surface area contributed by atoms with Crippen LogP contribution in [0.25, 0.3) is 0 Å². The minimum absolute atomic E-state index is 0.0993. The maximum atomic E-state index is 12.0. The number of carboxylic acids is 1. The number of halogens is 1. The molecule has 5 nitrogen and oxygen atoms in total. The third-order valence-electron chi connectivity index (χ3n) is 3.21. The summed E-state index contributed by atoms with van der Waals surface area (Å²) in [4.78, 5) is 24.3. The maximum absolute atomic E-state index is 12.0. The number of amides is 1. The van der Waals surface area contributed by atoms with Crippen LogP contribution < -0.4 is 4.74 Å². The summed E-state index contributed by atoms with van der Waals surface area (Å²) in [7, 11) is 0. The summed E-state index contributed by atoms with van der Waals surface area (Å²) in [5.41, 5.74) is 0. The molecule has 0 heterocycles. The molecule has 0 bridgehead atoms. The fraction of sp³-hybridized carbons (Fsp3) is 0.467. The third kappa shape index (κ3) is 5.38. The van der Waals surface area contributed by atoms with Gasteiger partial charge in [-0.15, -0.1) is 0 Å². The van der Waals surface area contributed by atoms with Crippen molar-refractivity contribution in [2.45, 2.75) is 31.7 Å². The van der Waals surface area contributed by atoms with E-state index < -0.39 is 5.97 Å². The summed E-state index contributed by atoms with van der Waals surface area (Å²) in [6.07, 6.45) is 2.72. The van der Waals surface area contributed by atoms with Gasteiger partial charge in [0.15, 0.2) is 0 Å². The molecule has 6 heteroatoms. The standard InChI is InChI=1S/C15H18BrNO4/c16-11-3-1-4-13(9-11)21-8-2-5-14(18)17(10-15(19)20)12-6-7-12/h1,3-4,9,12H,2,5-8,10H2,(H,19,20). The average Bonchev–Trinajstić information content (AvgIpc) is 3.25. The number of carboxylic acid groups (broad SMARTS) is 1. The van der Waals surface area contributed by atoms with E-state index in [1.165, 1.54) is 4.90 Å². The van der Waals surface area contributed by atoms with E-state index in [1.807, 2.05) is 24.3 Å². The summed E-state index contributed by atoms with van der Waals surface area (Å²) in [6.45, 7) is 0.240. The molecule has 1 amide bonds. The van der Waals surface area contributed by atoms with Crippen molar-refractivity contribution in [3.8, 4) is 5.75 Å². The zero-order valence-electron chi connectivity index (χ0n) is 11.6. The normalized spacial score (nSPS) is 13.8. The van der Waals surface area contributed by atoms with E-state index in [9.17, 15) is 9.59 Å². The van der Waals surface area contributed by atoms with Gasteiger partial charge in [-0.2, -0.15) is 0 Å². The summed E-state index contributed by atoms with van der Waals surface area (Å²) < 4.78 is 6.50. The second kappa shape index (κ2) is 7.45. The lowest BCUT2D eigenvalue weighted by molar-refractivity contribution is -0.145. The topological polar surface area (TPSA) is 66.8 Å². The maximum Gasteiger partial charge on any atom is 0.323 e. The number of hydrogen-bond donors (Lipinski definition) is 1. The number of hydrogen-bond acceptors (Lipinski definition) is 3. The highest BCUT2D eigenvalue weighted by molar-refractivity contribution is 9.10. The van der Waals surface area contributed by atoms with Crippen molar-refractivity contribution < 1.29 is 19.4 Å². The largest absolute Gasteiger partial charge is 0.494 e. The molecule has 0 spiro atoms. The lowest BCUT2D eigenvalue weighted by atomic mass is 10.2. The predicted molar refractivity (Wildman–Crippen MR) is 81.2 cm³/mol. The minimum Gasteiger partial charge on any atom is -0.494 e. The van der Waals surface area contributed by atoms with E-state index in [-0.39, 0.29) is 18.5 Å². The van der Waals surface area contributed by atoms with Crippen molar-refractivity contribution in [1.82, 2.24) is 4.90 Å². The SMILES string of the molecule is O=C(O)CN(C(=O)CCCOc1cccc(Br)c1)C1CC1. The van der Waals surface area contributed by atoms with E-state index in [0.29, 0.717) is 19.4 Å². The smallest absolute Gasteiger partial charge is 0.323 e. The van der Waals surface area contributed by atoms with Crippen molar-refractivity contribution in [2.75, 3.05) is 13.2 Å². The van der Waals surface area contributed by atoms with Crippen molar-refractivity contribution in [3.63, 3.8) is 0 Å². The van der Waals surface area contributed by atoms with E-state index >= 15 is 0 Å². The Balaban J connectivity index is 1.72. The van der Waals surface area contributed by atoms with Crippen molar-refractivity contribution in [1.29, 1.82) is 0 Å². The number of ether oxygens (including phenoxy) is 1. The first-order chi connectivity index (χ1) is 10.1. The van der Waals surface area contributed by atoms with E-state index in [2.05, 4.69) is 15.9 Å². The van der Waals surface area contributed by atoms with E-state index in [0.717, 1.165) is 23.1 Å². The first-order valence-corrected chi connectivity index (χ1v) is 7.75. The second-order valence-corrected chi connectivity index (χ2v) is 5.97. The van der Waals surface area contributed by atoms with Crippen molar-refractivity contribution >= 4 is 27.8 Å². The molecule has 1 N–H and O–H groups in total. The van der Waals surface area contributed by atoms with Gasteiger partial charge >= 0.3 is 5.97 Å². The number of nitrogens with zero attached hydrogens (tertiary/aromatic N) is 1. The van der Waals surface area contributed by atoms with E-state index in [1.54, 1.807) is 0 Å². The van der Waals surface area contributed by atoms with Gasteiger partial charge in [-0.3, -0.25) is 9.59 Å². The average molecular weight is 356 g/mol. The second-order valence-electron chi connectivity index (χ2n) is 5.06. The highest BCUT2D eigenvalue weighted by Crippen LogP contribution is 2.27. The molecule has 2 rings (SSSR count). The molecular formula is C15H18BrNO4. The molecule has 1 aliphatic carbocycles. The lowest BCUT2D eigenvalue weighted by Gasteiger charge is -2.20. The number of carbonyl (C=O) groups is 2. The Hall–Kier alpha value is -1.56. The van der Waals surface area contributed by atoms with Crippen LogP contribution in [0, 0.1) is 0 Å². The van der Waals surface area contributed by atoms with Crippen LogP contribution in [0.5, 0.6) is 5.75 Å². The highest BCUT2D eigenvalue weighted by atomic mass is 79.9.